The summed E-state index contributed by atoms with van der Waals surface area (Å²) >= 11 is 0. The van der Waals surface area contributed by atoms with Crippen molar-refractivity contribution in [2.24, 2.45) is 0 Å². The first-order chi connectivity index (χ1) is 16.8. The average Bonchev–Trinajstić information content (AvgIpc) is 3.36. The molecule has 5 rings (SSSR count). The van der Waals surface area contributed by atoms with Crippen molar-refractivity contribution in [2.45, 2.75) is 25.5 Å². The number of carbonyl (C=O) groups is 1. The molecule has 2 heterocycles. The summed E-state index contributed by atoms with van der Waals surface area (Å²) in [5.41, 5.74) is 5.45. The Morgan fingerprint density at radius 1 is 0.824 bits per heavy atom. The van der Waals surface area contributed by atoms with Crippen molar-refractivity contribution in [3.8, 4) is 22.5 Å². The maximum Gasteiger partial charge on any atom is 0.248 e. The van der Waals surface area contributed by atoms with E-state index in [0.717, 1.165) is 40.9 Å². The van der Waals surface area contributed by atoms with Crippen molar-refractivity contribution >= 4 is 5.91 Å². The standard InChI is InChI=1S/C29H29N3O2/c33-29(22-34-21-23-10-4-1-5-11-23)31-18-16-26(17-19-31)32-28(25-14-8-3-9-15-25)20-27(30-32)24-12-6-2-7-13-24/h1-15,20,26H,16-19,21-22H2. The van der Waals surface area contributed by atoms with E-state index in [1.54, 1.807) is 0 Å². The lowest BCUT2D eigenvalue weighted by atomic mass is 10.0. The molecule has 3 aromatic carbocycles. The van der Waals surface area contributed by atoms with Gasteiger partial charge in [0.15, 0.2) is 0 Å². The molecule has 5 heteroatoms. The fraction of sp³-hybridized carbons (Fsp3) is 0.241. The van der Waals surface area contributed by atoms with Crippen LogP contribution >= 0.6 is 0 Å². The molecule has 5 nitrogen and oxygen atoms in total. The molecule has 1 amide bonds. The number of aromatic nitrogens is 2. The molecule has 0 spiro atoms. The van der Waals surface area contributed by atoms with Crippen LogP contribution in [0.3, 0.4) is 0 Å². The van der Waals surface area contributed by atoms with Gasteiger partial charge in [0.25, 0.3) is 0 Å². The van der Waals surface area contributed by atoms with Gasteiger partial charge in [0.05, 0.1) is 24.0 Å². The molecule has 0 unspecified atom stereocenters. The van der Waals surface area contributed by atoms with Crippen molar-refractivity contribution in [3.63, 3.8) is 0 Å². The van der Waals surface area contributed by atoms with Crippen LogP contribution in [0.25, 0.3) is 22.5 Å². The summed E-state index contributed by atoms with van der Waals surface area (Å²) in [4.78, 5) is 14.6. The minimum atomic E-state index is 0.0584. The molecular weight excluding hydrogens is 422 g/mol. The molecule has 0 N–H and O–H groups in total. The van der Waals surface area contributed by atoms with Crippen molar-refractivity contribution in [2.75, 3.05) is 19.7 Å². The van der Waals surface area contributed by atoms with Crippen LogP contribution in [0, 0.1) is 0 Å². The predicted octanol–water partition coefficient (Wildman–Crippen LogP) is 5.60. The summed E-state index contributed by atoms with van der Waals surface area (Å²) in [6.45, 7) is 2.01. The van der Waals surface area contributed by atoms with Crippen LogP contribution in [-0.4, -0.2) is 40.3 Å². The van der Waals surface area contributed by atoms with Gasteiger partial charge in [0.2, 0.25) is 5.91 Å². The predicted molar refractivity (Wildman–Crippen MR) is 134 cm³/mol. The first-order valence-electron chi connectivity index (χ1n) is 11.9. The Kier molecular flexibility index (Phi) is 6.82. The summed E-state index contributed by atoms with van der Waals surface area (Å²) in [7, 11) is 0. The Bertz CT molecular complexity index is 1200. The second-order valence-electron chi connectivity index (χ2n) is 8.68. The van der Waals surface area contributed by atoms with E-state index in [0.29, 0.717) is 19.7 Å². The summed E-state index contributed by atoms with van der Waals surface area (Å²) in [6.07, 6.45) is 1.75. The third kappa shape index (κ3) is 5.10. The van der Waals surface area contributed by atoms with Gasteiger partial charge in [-0.1, -0.05) is 91.0 Å². The second kappa shape index (κ2) is 10.5. The fourth-order valence-electron chi connectivity index (χ4n) is 4.53. The molecule has 0 bridgehead atoms. The average molecular weight is 452 g/mol. The van der Waals surface area contributed by atoms with Crippen LogP contribution < -0.4 is 0 Å². The van der Waals surface area contributed by atoms with Crippen LogP contribution in [0.4, 0.5) is 0 Å². The lowest BCUT2D eigenvalue weighted by molar-refractivity contribution is -0.137. The molecular formula is C29H29N3O2. The molecule has 1 fully saturated rings. The first-order valence-corrected chi connectivity index (χ1v) is 11.9. The normalized spacial score (nSPS) is 14.3. The minimum absolute atomic E-state index is 0.0584. The van der Waals surface area contributed by atoms with Gasteiger partial charge in [-0.25, -0.2) is 0 Å². The van der Waals surface area contributed by atoms with Gasteiger partial charge in [-0.3, -0.25) is 9.48 Å². The Labute approximate surface area is 200 Å². The number of nitrogens with zero attached hydrogens (tertiary/aromatic N) is 3. The van der Waals surface area contributed by atoms with Gasteiger partial charge in [0, 0.05) is 18.7 Å². The highest BCUT2D eigenvalue weighted by Crippen LogP contribution is 2.32. The quantitative estimate of drug-likeness (QED) is 0.368. The Balaban J connectivity index is 1.26. The van der Waals surface area contributed by atoms with Crippen LogP contribution in [0.5, 0.6) is 0 Å². The molecule has 0 radical (unpaired) electrons. The maximum absolute atomic E-state index is 12.7. The fourth-order valence-corrected chi connectivity index (χ4v) is 4.53. The molecule has 0 atom stereocenters. The molecule has 4 aromatic rings. The van der Waals surface area contributed by atoms with Gasteiger partial charge in [-0.2, -0.15) is 5.10 Å². The van der Waals surface area contributed by atoms with E-state index in [2.05, 4.69) is 47.1 Å². The van der Waals surface area contributed by atoms with Gasteiger partial charge in [-0.15, -0.1) is 0 Å². The smallest absolute Gasteiger partial charge is 0.248 e. The maximum atomic E-state index is 12.7. The van der Waals surface area contributed by atoms with E-state index in [4.69, 9.17) is 9.84 Å². The van der Waals surface area contributed by atoms with E-state index in [-0.39, 0.29) is 18.6 Å². The molecule has 1 saturated heterocycles. The van der Waals surface area contributed by atoms with Crippen LogP contribution in [0.2, 0.25) is 0 Å². The van der Waals surface area contributed by atoms with E-state index < -0.39 is 0 Å². The zero-order chi connectivity index (χ0) is 23.2. The number of carbonyl (C=O) groups excluding carboxylic acids is 1. The zero-order valence-electron chi connectivity index (χ0n) is 19.2. The molecule has 0 saturated carbocycles. The number of rotatable bonds is 7. The molecule has 0 aliphatic carbocycles. The number of benzene rings is 3. The summed E-state index contributed by atoms with van der Waals surface area (Å²) < 4.78 is 7.84. The van der Waals surface area contributed by atoms with Crippen LogP contribution in [0.1, 0.15) is 24.4 Å². The third-order valence-corrected chi connectivity index (χ3v) is 6.37. The Morgan fingerprint density at radius 3 is 2.06 bits per heavy atom. The first kappa shape index (κ1) is 22.1. The number of hydrogen-bond acceptors (Lipinski definition) is 3. The summed E-state index contributed by atoms with van der Waals surface area (Å²) in [5, 5.41) is 5.02. The van der Waals surface area contributed by atoms with E-state index in [1.165, 1.54) is 0 Å². The zero-order valence-corrected chi connectivity index (χ0v) is 19.2. The molecule has 172 valence electrons. The SMILES string of the molecule is O=C(COCc1ccccc1)N1CCC(n2nc(-c3ccccc3)cc2-c2ccccc2)CC1. The Morgan fingerprint density at radius 2 is 1.41 bits per heavy atom. The van der Waals surface area contributed by atoms with Gasteiger partial charge < -0.3 is 9.64 Å². The van der Waals surface area contributed by atoms with Crippen LogP contribution in [-0.2, 0) is 16.1 Å². The van der Waals surface area contributed by atoms with E-state index in [9.17, 15) is 4.79 Å². The number of ether oxygens (including phenoxy) is 1. The van der Waals surface area contributed by atoms with Crippen molar-refractivity contribution < 1.29 is 9.53 Å². The Hall–Kier alpha value is -3.70. The highest BCUT2D eigenvalue weighted by molar-refractivity contribution is 5.77. The molecule has 1 aliphatic heterocycles. The number of likely N-dealkylation sites (tertiary alicyclic amines) is 1. The highest BCUT2D eigenvalue weighted by atomic mass is 16.5. The van der Waals surface area contributed by atoms with Crippen molar-refractivity contribution in [1.82, 2.24) is 14.7 Å². The number of piperidine rings is 1. The summed E-state index contributed by atoms with van der Waals surface area (Å²) in [5.74, 6) is 0.0584. The van der Waals surface area contributed by atoms with Gasteiger partial charge in [-0.05, 0) is 30.0 Å². The lowest BCUT2D eigenvalue weighted by Gasteiger charge is -2.32. The van der Waals surface area contributed by atoms with E-state index >= 15 is 0 Å². The lowest BCUT2D eigenvalue weighted by Crippen LogP contribution is -2.41. The number of hydrogen-bond donors (Lipinski definition) is 0. The largest absolute Gasteiger partial charge is 0.367 e. The summed E-state index contributed by atoms with van der Waals surface area (Å²) in [6, 6.07) is 33.1. The van der Waals surface area contributed by atoms with Crippen LogP contribution in [0.15, 0.2) is 97.1 Å². The van der Waals surface area contributed by atoms with Crippen molar-refractivity contribution in [3.05, 3.63) is 103 Å². The van der Waals surface area contributed by atoms with E-state index in [1.807, 2.05) is 59.5 Å². The molecule has 1 aromatic heterocycles. The topological polar surface area (TPSA) is 47.4 Å². The third-order valence-electron chi connectivity index (χ3n) is 6.37. The second-order valence-corrected chi connectivity index (χ2v) is 8.68. The number of amides is 1. The monoisotopic (exact) mass is 451 g/mol. The molecule has 34 heavy (non-hydrogen) atoms. The van der Waals surface area contributed by atoms with Gasteiger partial charge >= 0.3 is 0 Å². The van der Waals surface area contributed by atoms with Gasteiger partial charge in [0.1, 0.15) is 6.61 Å². The minimum Gasteiger partial charge on any atom is -0.367 e. The van der Waals surface area contributed by atoms with Crippen molar-refractivity contribution in [1.29, 1.82) is 0 Å². The molecule has 1 aliphatic rings. The highest BCUT2D eigenvalue weighted by Gasteiger charge is 2.26.